The molecule has 0 aromatic carbocycles. The minimum Gasteiger partial charge on any atom is -0.478 e. The second kappa shape index (κ2) is 4.61. The van der Waals surface area contributed by atoms with Gasteiger partial charge in [-0.05, 0) is 6.07 Å². The summed E-state index contributed by atoms with van der Waals surface area (Å²) < 4.78 is 11.2. The SMILES string of the molecule is O=C(O)c1ccncc1N1CCS(=O)CC1. The van der Waals surface area contributed by atoms with Gasteiger partial charge in [0.2, 0.25) is 0 Å². The van der Waals surface area contributed by atoms with Gasteiger partial charge < -0.3 is 10.0 Å². The Bertz CT molecular complexity index is 426. The van der Waals surface area contributed by atoms with E-state index >= 15 is 0 Å². The molecule has 2 heterocycles. The summed E-state index contributed by atoms with van der Waals surface area (Å²) in [7, 11) is -0.761. The fourth-order valence-electron chi connectivity index (χ4n) is 1.70. The van der Waals surface area contributed by atoms with E-state index in [0.717, 1.165) is 0 Å². The van der Waals surface area contributed by atoms with Gasteiger partial charge in [0, 0.05) is 41.6 Å². The minimum absolute atomic E-state index is 0.252. The van der Waals surface area contributed by atoms with Crippen molar-refractivity contribution < 1.29 is 14.1 Å². The average molecular weight is 240 g/mol. The fourth-order valence-corrected chi connectivity index (χ4v) is 2.75. The molecule has 0 spiro atoms. The normalized spacial score (nSPS) is 17.4. The fraction of sp³-hybridized carbons (Fsp3) is 0.400. The lowest BCUT2D eigenvalue weighted by Crippen LogP contribution is -2.38. The molecule has 86 valence electrons. The Morgan fingerprint density at radius 2 is 2.12 bits per heavy atom. The van der Waals surface area contributed by atoms with Crippen LogP contribution in [0, 0.1) is 0 Å². The molecule has 1 N–H and O–H groups in total. The van der Waals surface area contributed by atoms with Crippen molar-refractivity contribution in [3.05, 3.63) is 24.0 Å². The minimum atomic E-state index is -0.955. The monoisotopic (exact) mass is 240 g/mol. The number of nitrogens with zero attached hydrogens (tertiary/aromatic N) is 2. The molecule has 0 aliphatic carbocycles. The van der Waals surface area contributed by atoms with Crippen molar-refractivity contribution in [2.45, 2.75) is 0 Å². The zero-order valence-corrected chi connectivity index (χ0v) is 9.44. The predicted molar refractivity (Wildman–Crippen MR) is 61.3 cm³/mol. The maximum absolute atomic E-state index is 11.2. The van der Waals surface area contributed by atoms with Crippen molar-refractivity contribution in [2.75, 3.05) is 29.5 Å². The van der Waals surface area contributed by atoms with Gasteiger partial charge >= 0.3 is 5.97 Å². The molecule has 0 bridgehead atoms. The van der Waals surface area contributed by atoms with Crippen LogP contribution in [0.1, 0.15) is 10.4 Å². The zero-order chi connectivity index (χ0) is 11.5. The Morgan fingerprint density at radius 3 is 2.75 bits per heavy atom. The third-order valence-electron chi connectivity index (χ3n) is 2.55. The number of hydrogen-bond acceptors (Lipinski definition) is 4. The van der Waals surface area contributed by atoms with Crippen molar-refractivity contribution in [1.82, 2.24) is 4.98 Å². The Labute approximate surface area is 95.6 Å². The molecule has 1 aliphatic rings. The molecular formula is C10H12N2O3S. The topological polar surface area (TPSA) is 70.5 Å². The van der Waals surface area contributed by atoms with Crippen molar-refractivity contribution >= 4 is 22.5 Å². The quantitative estimate of drug-likeness (QED) is 0.807. The van der Waals surface area contributed by atoms with Crippen LogP contribution in [0.4, 0.5) is 5.69 Å². The Balaban J connectivity index is 2.26. The van der Waals surface area contributed by atoms with E-state index in [4.69, 9.17) is 5.11 Å². The van der Waals surface area contributed by atoms with E-state index in [2.05, 4.69) is 4.98 Å². The number of hydrogen-bond donors (Lipinski definition) is 1. The number of carboxylic acids is 1. The molecule has 0 saturated carbocycles. The van der Waals surface area contributed by atoms with Crippen LogP contribution in [0.2, 0.25) is 0 Å². The Hall–Kier alpha value is -1.43. The molecule has 6 heteroatoms. The summed E-state index contributed by atoms with van der Waals surface area (Å²) in [6.07, 6.45) is 3.02. The highest BCUT2D eigenvalue weighted by Gasteiger charge is 2.20. The standard InChI is InChI=1S/C10H12N2O3S/c13-10(14)8-1-2-11-7-9(8)12-3-5-16(15)6-4-12/h1-2,7H,3-6H2,(H,13,14). The van der Waals surface area contributed by atoms with Crippen molar-refractivity contribution in [3.63, 3.8) is 0 Å². The van der Waals surface area contributed by atoms with E-state index < -0.39 is 16.8 Å². The lowest BCUT2D eigenvalue weighted by molar-refractivity contribution is 0.0697. The first-order valence-corrected chi connectivity index (χ1v) is 6.44. The largest absolute Gasteiger partial charge is 0.478 e. The highest BCUT2D eigenvalue weighted by atomic mass is 32.2. The summed E-state index contributed by atoms with van der Waals surface area (Å²) in [5, 5.41) is 9.03. The molecule has 1 aromatic heterocycles. The zero-order valence-electron chi connectivity index (χ0n) is 8.63. The van der Waals surface area contributed by atoms with E-state index in [1.807, 2.05) is 4.90 Å². The lowest BCUT2D eigenvalue weighted by Gasteiger charge is -2.28. The van der Waals surface area contributed by atoms with Gasteiger partial charge in [0.15, 0.2) is 0 Å². The predicted octanol–water partition coefficient (Wildman–Crippen LogP) is 0.349. The highest BCUT2D eigenvalue weighted by molar-refractivity contribution is 7.85. The van der Waals surface area contributed by atoms with Gasteiger partial charge in [-0.1, -0.05) is 0 Å². The maximum atomic E-state index is 11.2. The Morgan fingerprint density at radius 1 is 1.44 bits per heavy atom. The molecule has 1 aromatic rings. The van der Waals surface area contributed by atoms with Gasteiger partial charge in [-0.3, -0.25) is 9.19 Å². The van der Waals surface area contributed by atoms with Crippen LogP contribution in [0.15, 0.2) is 18.5 Å². The van der Waals surface area contributed by atoms with Gasteiger partial charge in [0.05, 0.1) is 17.4 Å². The summed E-state index contributed by atoms with van der Waals surface area (Å²) in [5.41, 5.74) is 0.870. The molecule has 16 heavy (non-hydrogen) atoms. The first kappa shape index (κ1) is 11.1. The number of aromatic carboxylic acids is 1. The maximum Gasteiger partial charge on any atom is 0.337 e. The van der Waals surface area contributed by atoms with Crippen LogP contribution in [0.25, 0.3) is 0 Å². The summed E-state index contributed by atoms with van der Waals surface area (Å²) >= 11 is 0. The van der Waals surface area contributed by atoms with E-state index in [9.17, 15) is 9.00 Å². The molecule has 0 amide bonds. The summed E-state index contributed by atoms with van der Waals surface area (Å²) in [6, 6.07) is 1.49. The van der Waals surface area contributed by atoms with Crippen LogP contribution in [0.3, 0.4) is 0 Å². The molecule has 0 unspecified atom stereocenters. The first-order valence-electron chi connectivity index (χ1n) is 4.95. The van der Waals surface area contributed by atoms with Crippen LogP contribution in [-0.4, -0.2) is 44.9 Å². The van der Waals surface area contributed by atoms with Gasteiger partial charge in [0.25, 0.3) is 0 Å². The van der Waals surface area contributed by atoms with Crippen LogP contribution in [0.5, 0.6) is 0 Å². The summed E-state index contributed by atoms with van der Waals surface area (Å²) in [5.74, 6) is 0.228. The van der Waals surface area contributed by atoms with Gasteiger partial charge in [0.1, 0.15) is 0 Å². The smallest absolute Gasteiger partial charge is 0.337 e. The molecule has 1 aliphatic heterocycles. The van der Waals surface area contributed by atoms with Crippen LogP contribution in [-0.2, 0) is 10.8 Å². The van der Waals surface area contributed by atoms with Crippen LogP contribution >= 0.6 is 0 Å². The number of aromatic nitrogens is 1. The number of rotatable bonds is 2. The molecule has 0 radical (unpaired) electrons. The molecule has 1 fully saturated rings. The van der Waals surface area contributed by atoms with E-state index in [1.165, 1.54) is 12.3 Å². The Kier molecular flexibility index (Phi) is 3.19. The third-order valence-corrected chi connectivity index (χ3v) is 3.82. The molecule has 0 atom stereocenters. The number of anilines is 1. The van der Waals surface area contributed by atoms with Crippen molar-refractivity contribution in [1.29, 1.82) is 0 Å². The van der Waals surface area contributed by atoms with E-state index in [1.54, 1.807) is 6.20 Å². The third kappa shape index (κ3) is 2.21. The molecule has 2 rings (SSSR count). The van der Waals surface area contributed by atoms with Crippen molar-refractivity contribution in [2.24, 2.45) is 0 Å². The first-order chi connectivity index (χ1) is 7.68. The molecular weight excluding hydrogens is 228 g/mol. The number of pyridine rings is 1. The number of carbonyl (C=O) groups is 1. The highest BCUT2D eigenvalue weighted by Crippen LogP contribution is 2.20. The van der Waals surface area contributed by atoms with Crippen molar-refractivity contribution in [3.8, 4) is 0 Å². The molecule has 1 saturated heterocycles. The lowest BCUT2D eigenvalue weighted by atomic mass is 10.2. The molecule has 5 nitrogen and oxygen atoms in total. The van der Waals surface area contributed by atoms with Gasteiger partial charge in [-0.15, -0.1) is 0 Å². The van der Waals surface area contributed by atoms with Crippen LogP contribution < -0.4 is 4.90 Å². The second-order valence-corrected chi connectivity index (χ2v) is 5.23. The number of carboxylic acid groups (broad SMARTS) is 1. The average Bonchev–Trinajstić information content (AvgIpc) is 2.30. The van der Waals surface area contributed by atoms with E-state index in [-0.39, 0.29) is 5.56 Å². The summed E-state index contributed by atoms with van der Waals surface area (Å²) in [6.45, 7) is 1.25. The second-order valence-electron chi connectivity index (χ2n) is 3.53. The van der Waals surface area contributed by atoms with E-state index in [0.29, 0.717) is 30.3 Å². The van der Waals surface area contributed by atoms with Gasteiger partial charge in [-0.25, -0.2) is 4.79 Å². The van der Waals surface area contributed by atoms with Gasteiger partial charge in [-0.2, -0.15) is 0 Å². The summed E-state index contributed by atoms with van der Waals surface area (Å²) in [4.78, 5) is 16.9.